The van der Waals surface area contributed by atoms with E-state index in [0.717, 1.165) is 0 Å². The van der Waals surface area contributed by atoms with Crippen molar-refractivity contribution in [2.24, 2.45) is 16.7 Å². The van der Waals surface area contributed by atoms with Crippen molar-refractivity contribution >= 4 is 11.9 Å². The van der Waals surface area contributed by atoms with Gasteiger partial charge in [-0.15, -0.1) is 0 Å². The van der Waals surface area contributed by atoms with E-state index >= 15 is 0 Å². The van der Waals surface area contributed by atoms with E-state index in [1.807, 2.05) is 0 Å². The van der Waals surface area contributed by atoms with Crippen LogP contribution in [0.3, 0.4) is 0 Å². The summed E-state index contributed by atoms with van der Waals surface area (Å²) in [7, 11) is 1.33. The molecule has 0 aromatic rings. The maximum Gasteiger partial charge on any atom is 1.00 e. The Bertz CT molecular complexity index is 300. The van der Waals surface area contributed by atoms with Crippen molar-refractivity contribution in [2.45, 2.75) is 33.6 Å². The van der Waals surface area contributed by atoms with Crippen molar-refractivity contribution < 1.29 is 49.0 Å². The third-order valence-electron chi connectivity index (χ3n) is 4.16. The molecule has 0 heterocycles. The Kier molecular flexibility index (Phi) is 5.05. The second-order valence-corrected chi connectivity index (χ2v) is 4.96. The van der Waals surface area contributed by atoms with E-state index in [2.05, 4.69) is 0 Å². The van der Waals surface area contributed by atoms with E-state index in [4.69, 9.17) is 4.74 Å². The number of aliphatic carboxylic acids is 1. The van der Waals surface area contributed by atoms with Crippen LogP contribution in [0.15, 0.2) is 0 Å². The van der Waals surface area contributed by atoms with Gasteiger partial charge in [-0.2, -0.15) is 0 Å². The monoisotopic (exact) mass is 236 g/mol. The van der Waals surface area contributed by atoms with Gasteiger partial charge in [0.15, 0.2) is 0 Å². The SMILES string of the molecule is COC(=O)C1CCC(C)(C(=O)[O-])C1(C)C.[Na+]. The third-order valence-corrected chi connectivity index (χ3v) is 4.16. The van der Waals surface area contributed by atoms with Crippen LogP contribution in [0.5, 0.6) is 0 Å². The molecular weight excluding hydrogens is 219 g/mol. The smallest absolute Gasteiger partial charge is 0.550 e. The Morgan fingerprint density at radius 1 is 1.31 bits per heavy atom. The molecule has 1 rings (SSSR count). The number of hydrogen-bond donors (Lipinski definition) is 0. The summed E-state index contributed by atoms with van der Waals surface area (Å²) in [5.74, 6) is -1.77. The Labute approximate surface area is 118 Å². The number of hydrogen-bond acceptors (Lipinski definition) is 4. The zero-order valence-corrected chi connectivity index (χ0v) is 12.6. The Hall–Kier alpha value is -0.0600. The molecule has 0 saturated heterocycles. The molecule has 2 unspecified atom stereocenters. The number of esters is 1. The summed E-state index contributed by atoms with van der Waals surface area (Å²) in [6.07, 6.45) is 1.01. The van der Waals surface area contributed by atoms with Crippen LogP contribution >= 0.6 is 0 Å². The second kappa shape index (κ2) is 5.07. The van der Waals surface area contributed by atoms with E-state index in [1.54, 1.807) is 20.8 Å². The fourth-order valence-electron chi connectivity index (χ4n) is 2.42. The molecule has 1 fully saturated rings. The van der Waals surface area contributed by atoms with E-state index in [1.165, 1.54) is 7.11 Å². The largest absolute Gasteiger partial charge is 1.00 e. The van der Waals surface area contributed by atoms with Crippen LogP contribution in [0, 0.1) is 16.7 Å². The van der Waals surface area contributed by atoms with Gasteiger partial charge in [0.05, 0.1) is 13.0 Å². The minimum atomic E-state index is -1.08. The molecule has 0 aromatic carbocycles. The summed E-state index contributed by atoms with van der Waals surface area (Å²) < 4.78 is 4.69. The average Bonchev–Trinajstić information content (AvgIpc) is 2.39. The maximum atomic E-state index is 11.5. The van der Waals surface area contributed by atoms with Crippen molar-refractivity contribution in [1.82, 2.24) is 0 Å². The minimum Gasteiger partial charge on any atom is -0.550 e. The van der Waals surface area contributed by atoms with Crippen LogP contribution in [0.4, 0.5) is 0 Å². The molecule has 0 aromatic heterocycles. The summed E-state index contributed by atoms with van der Waals surface area (Å²) in [6, 6.07) is 0. The van der Waals surface area contributed by atoms with Gasteiger partial charge in [0.2, 0.25) is 0 Å². The van der Waals surface area contributed by atoms with Crippen molar-refractivity contribution in [3.63, 3.8) is 0 Å². The molecular formula is C11H17NaO4. The molecule has 0 aliphatic heterocycles. The molecule has 0 bridgehead atoms. The first-order valence-corrected chi connectivity index (χ1v) is 5.06. The minimum absolute atomic E-state index is 0. The number of rotatable bonds is 2. The number of carboxylic acids is 1. The zero-order valence-electron chi connectivity index (χ0n) is 10.6. The molecule has 0 spiro atoms. The predicted molar refractivity (Wildman–Crippen MR) is 51.6 cm³/mol. The molecule has 2 atom stereocenters. The Morgan fingerprint density at radius 2 is 1.81 bits per heavy atom. The van der Waals surface area contributed by atoms with Crippen molar-refractivity contribution in [2.75, 3.05) is 7.11 Å². The van der Waals surface area contributed by atoms with Crippen molar-refractivity contribution in [3.05, 3.63) is 0 Å². The predicted octanol–water partition coefficient (Wildman–Crippen LogP) is -2.64. The molecule has 0 radical (unpaired) electrons. The van der Waals surface area contributed by atoms with Crippen LogP contribution < -0.4 is 34.7 Å². The summed E-state index contributed by atoms with van der Waals surface area (Å²) in [4.78, 5) is 22.6. The van der Waals surface area contributed by atoms with Gasteiger partial charge in [0.1, 0.15) is 0 Å². The van der Waals surface area contributed by atoms with E-state index in [0.29, 0.717) is 12.8 Å². The van der Waals surface area contributed by atoms with E-state index < -0.39 is 16.8 Å². The van der Waals surface area contributed by atoms with Gasteiger partial charge < -0.3 is 14.6 Å². The van der Waals surface area contributed by atoms with Gasteiger partial charge in [-0.1, -0.05) is 20.8 Å². The molecule has 1 aliphatic carbocycles. The van der Waals surface area contributed by atoms with Gasteiger partial charge in [-0.25, -0.2) is 0 Å². The van der Waals surface area contributed by atoms with Gasteiger partial charge in [-0.05, 0) is 18.3 Å². The fraction of sp³-hybridized carbons (Fsp3) is 0.818. The molecule has 16 heavy (non-hydrogen) atoms. The van der Waals surface area contributed by atoms with Crippen LogP contribution in [0.25, 0.3) is 0 Å². The van der Waals surface area contributed by atoms with Crippen LogP contribution in [0.2, 0.25) is 0 Å². The van der Waals surface area contributed by atoms with Crippen LogP contribution in [-0.4, -0.2) is 19.0 Å². The van der Waals surface area contributed by atoms with E-state index in [9.17, 15) is 14.7 Å². The van der Waals surface area contributed by atoms with Gasteiger partial charge in [-0.3, -0.25) is 4.79 Å². The first-order chi connectivity index (χ1) is 6.77. The zero-order chi connectivity index (χ0) is 11.9. The summed E-state index contributed by atoms with van der Waals surface area (Å²) in [5, 5.41) is 11.1. The number of ether oxygens (including phenoxy) is 1. The normalized spacial score (nSPS) is 31.6. The standard InChI is InChI=1S/C11H18O4.Na/c1-10(2)7(8(12)15-4)5-6-11(10,3)9(13)14;/h7H,5-6H2,1-4H3,(H,13,14);/q;+1/p-1. The summed E-state index contributed by atoms with van der Waals surface area (Å²) in [5.41, 5.74) is -1.58. The third kappa shape index (κ3) is 2.15. The summed E-state index contributed by atoms with van der Waals surface area (Å²) >= 11 is 0. The maximum absolute atomic E-state index is 11.5. The van der Waals surface area contributed by atoms with Gasteiger partial charge >= 0.3 is 35.5 Å². The first kappa shape index (κ1) is 15.9. The molecule has 1 aliphatic rings. The Balaban J connectivity index is 0.00000225. The molecule has 5 heteroatoms. The number of carboxylic acid groups (broad SMARTS) is 1. The first-order valence-electron chi connectivity index (χ1n) is 5.06. The number of carbonyl (C=O) groups is 2. The van der Waals surface area contributed by atoms with E-state index in [-0.39, 0.29) is 41.4 Å². The van der Waals surface area contributed by atoms with Crippen molar-refractivity contribution in [3.8, 4) is 0 Å². The fourth-order valence-corrected chi connectivity index (χ4v) is 2.42. The molecule has 0 amide bonds. The number of carbonyl (C=O) groups excluding carboxylic acids is 2. The molecule has 0 N–H and O–H groups in total. The Morgan fingerprint density at radius 3 is 2.12 bits per heavy atom. The molecule has 86 valence electrons. The summed E-state index contributed by atoms with van der Waals surface area (Å²) in [6.45, 7) is 5.22. The quantitative estimate of drug-likeness (QED) is 0.388. The topological polar surface area (TPSA) is 66.4 Å². The second-order valence-electron chi connectivity index (χ2n) is 4.96. The molecule has 4 nitrogen and oxygen atoms in total. The van der Waals surface area contributed by atoms with Crippen molar-refractivity contribution in [1.29, 1.82) is 0 Å². The van der Waals surface area contributed by atoms with Crippen LogP contribution in [0.1, 0.15) is 33.6 Å². The van der Waals surface area contributed by atoms with Gasteiger partial charge in [0.25, 0.3) is 0 Å². The van der Waals surface area contributed by atoms with Crippen LogP contribution in [-0.2, 0) is 14.3 Å². The number of methoxy groups -OCH3 is 1. The average molecular weight is 236 g/mol. The molecule has 1 saturated carbocycles. The van der Waals surface area contributed by atoms with Gasteiger partial charge in [0, 0.05) is 11.4 Å².